The van der Waals surface area contributed by atoms with Crippen molar-refractivity contribution in [1.82, 2.24) is 20.0 Å². The number of hydrogen-bond donors (Lipinski definition) is 1. The average molecular weight is 378 g/mol. The quantitative estimate of drug-likeness (QED) is 0.556. The van der Waals surface area contributed by atoms with Gasteiger partial charge in [-0.3, -0.25) is 4.79 Å². The molecule has 4 aromatic rings. The molecule has 142 valence electrons. The first kappa shape index (κ1) is 17.9. The zero-order valence-electron chi connectivity index (χ0n) is 15.4. The van der Waals surface area contributed by atoms with Crippen molar-refractivity contribution in [2.45, 2.75) is 12.8 Å². The lowest BCUT2D eigenvalue weighted by molar-refractivity contribution is -0.129. The number of nitrogens with one attached hydrogen (secondary N) is 1. The number of halogens is 1. The third kappa shape index (κ3) is 3.78. The van der Waals surface area contributed by atoms with Crippen LogP contribution in [0.5, 0.6) is 0 Å². The first-order valence-corrected chi connectivity index (χ1v) is 8.98. The van der Waals surface area contributed by atoms with Crippen molar-refractivity contribution >= 4 is 16.8 Å². The Hall–Kier alpha value is -3.48. The van der Waals surface area contributed by atoms with E-state index in [1.165, 1.54) is 6.07 Å². The molecule has 0 aliphatic rings. The molecule has 0 radical (unpaired) electrons. The molecule has 0 bridgehead atoms. The Morgan fingerprint density at radius 3 is 2.79 bits per heavy atom. The van der Waals surface area contributed by atoms with E-state index in [4.69, 9.17) is 4.52 Å². The fraction of sp³-hybridized carbons (Fsp3) is 0.190. The summed E-state index contributed by atoms with van der Waals surface area (Å²) in [5, 5.41) is 5.05. The Kier molecular flexibility index (Phi) is 4.89. The monoisotopic (exact) mass is 378 g/mol. The van der Waals surface area contributed by atoms with Crippen LogP contribution in [-0.4, -0.2) is 39.5 Å². The third-order valence-electron chi connectivity index (χ3n) is 4.62. The smallest absolute Gasteiger partial charge is 0.274 e. The zero-order valence-corrected chi connectivity index (χ0v) is 15.4. The summed E-state index contributed by atoms with van der Waals surface area (Å²) in [4.78, 5) is 21.5. The van der Waals surface area contributed by atoms with E-state index in [-0.39, 0.29) is 18.1 Å². The van der Waals surface area contributed by atoms with Gasteiger partial charge in [-0.05, 0) is 23.8 Å². The van der Waals surface area contributed by atoms with Crippen LogP contribution in [0.1, 0.15) is 11.4 Å². The number of likely N-dealkylation sites (N-methyl/N-ethyl adjacent to an activating group) is 1. The van der Waals surface area contributed by atoms with Crippen molar-refractivity contribution in [3.8, 4) is 11.6 Å². The molecule has 0 atom stereocenters. The number of rotatable bonds is 6. The number of carbonyl (C=O) groups excluding carboxylic acids is 1. The average Bonchev–Trinajstić information content (AvgIpc) is 3.34. The lowest BCUT2D eigenvalue weighted by Crippen LogP contribution is -2.30. The van der Waals surface area contributed by atoms with Crippen LogP contribution in [0.15, 0.2) is 59.1 Å². The summed E-state index contributed by atoms with van der Waals surface area (Å²) in [6.07, 6.45) is 0.471. The van der Waals surface area contributed by atoms with Crippen LogP contribution in [0, 0.1) is 5.82 Å². The molecule has 0 spiro atoms. The number of nitrogens with zero attached hydrogens (tertiary/aromatic N) is 3. The summed E-state index contributed by atoms with van der Waals surface area (Å²) < 4.78 is 19.0. The van der Waals surface area contributed by atoms with E-state index in [0.29, 0.717) is 30.2 Å². The van der Waals surface area contributed by atoms with Gasteiger partial charge in [-0.25, -0.2) is 4.39 Å². The largest absolute Gasteiger partial charge is 0.351 e. The minimum Gasteiger partial charge on any atom is -0.351 e. The van der Waals surface area contributed by atoms with Crippen molar-refractivity contribution in [3.05, 3.63) is 71.8 Å². The molecule has 2 heterocycles. The molecular formula is C21H19FN4O2. The highest BCUT2D eigenvalue weighted by Gasteiger charge is 2.15. The summed E-state index contributed by atoms with van der Waals surface area (Å²) in [5.74, 6) is 0.389. The van der Waals surface area contributed by atoms with Gasteiger partial charge in [-0.15, -0.1) is 0 Å². The maximum Gasteiger partial charge on any atom is 0.274 e. The van der Waals surface area contributed by atoms with Gasteiger partial charge in [-0.1, -0.05) is 41.6 Å². The molecule has 6 nitrogen and oxygen atoms in total. The van der Waals surface area contributed by atoms with E-state index in [2.05, 4.69) is 15.1 Å². The van der Waals surface area contributed by atoms with Gasteiger partial charge in [0.2, 0.25) is 5.91 Å². The summed E-state index contributed by atoms with van der Waals surface area (Å²) in [5.41, 5.74) is 2.14. The second-order valence-corrected chi connectivity index (χ2v) is 6.62. The molecule has 2 aromatic carbocycles. The minimum atomic E-state index is -0.370. The molecule has 0 unspecified atom stereocenters. The van der Waals surface area contributed by atoms with Crippen LogP contribution in [0.3, 0.4) is 0 Å². The first-order valence-electron chi connectivity index (χ1n) is 8.98. The van der Waals surface area contributed by atoms with Crippen LogP contribution in [-0.2, 0) is 17.6 Å². The second-order valence-electron chi connectivity index (χ2n) is 6.62. The highest BCUT2D eigenvalue weighted by atomic mass is 19.1. The van der Waals surface area contributed by atoms with Gasteiger partial charge >= 0.3 is 0 Å². The predicted octanol–water partition coefficient (Wildman–Crippen LogP) is 3.60. The lowest BCUT2D eigenvalue weighted by Gasteiger charge is -2.16. The van der Waals surface area contributed by atoms with E-state index in [1.54, 1.807) is 30.1 Å². The Bertz CT molecular complexity index is 1090. The molecule has 0 saturated carbocycles. The maximum atomic E-state index is 13.7. The van der Waals surface area contributed by atoms with Crippen LogP contribution < -0.4 is 0 Å². The number of H-pyrrole nitrogens is 1. The number of aromatic nitrogens is 3. The van der Waals surface area contributed by atoms with Crippen LogP contribution in [0.25, 0.3) is 22.5 Å². The van der Waals surface area contributed by atoms with Crippen molar-refractivity contribution in [3.63, 3.8) is 0 Å². The highest BCUT2D eigenvalue weighted by molar-refractivity contribution is 5.84. The van der Waals surface area contributed by atoms with Crippen molar-refractivity contribution in [2.75, 3.05) is 13.6 Å². The molecular weight excluding hydrogens is 359 g/mol. The molecule has 0 aliphatic heterocycles. The lowest BCUT2D eigenvalue weighted by atomic mass is 10.1. The summed E-state index contributed by atoms with van der Waals surface area (Å²) in [6, 6.07) is 16.2. The van der Waals surface area contributed by atoms with Gasteiger partial charge in [0.1, 0.15) is 11.5 Å². The predicted molar refractivity (Wildman–Crippen MR) is 103 cm³/mol. The van der Waals surface area contributed by atoms with E-state index in [0.717, 1.165) is 16.6 Å². The maximum absolute atomic E-state index is 13.7. The van der Waals surface area contributed by atoms with Crippen LogP contribution in [0.2, 0.25) is 0 Å². The van der Waals surface area contributed by atoms with Crippen LogP contribution in [0.4, 0.5) is 4.39 Å². The molecule has 4 rings (SSSR count). The number of para-hydroxylation sites is 1. The SMILES string of the molecule is CN(CCc1noc(-c2cc3ccccc3[nH]2)n1)C(=O)Cc1ccccc1F. The van der Waals surface area contributed by atoms with E-state index in [1.807, 2.05) is 30.3 Å². The number of aromatic amines is 1. The van der Waals surface area contributed by atoms with Crippen molar-refractivity contribution < 1.29 is 13.7 Å². The topological polar surface area (TPSA) is 75.0 Å². The van der Waals surface area contributed by atoms with E-state index in [9.17, 15) is 9.18 Å². The number of hydrogen-bond acceptors (Lipinski definition) is 4. The number of amides is 1. The first-order chi connectivity index (χ1) is 13.6. The standard InChI is InChI=1S/C21H19FN4O2/c1-26(20(27)13-14-6-2-4-8-16(14)22)11-10-19-24-21(28-25-19)18-12-15-7-3-5-9-17(15)23-18/h2-9,12,23H,10-11,13H2,1H3. The van der Waals surface area contributed by atoms with Gasteiger partial charge in [0, 0.05) is 30.9 Å². The molecule has 0 saturated heterocycles. The Labute approximate surface area is 161 Å². The zero-order chi connectivity index (χ0) is 19.5. The molecule has 28 heavy (non-hydrogen) atoms. The third-order valence-corrected chi connectivity index (χ3v) is 4.62. The fourth-order valence-electron chi connectivity index (χ4n) is 2.99. The number of benzene rings is 2. The van der Waals surface area contributed by atoms with Crippen LogP contribution >= 0.6 is 0 Å². The van der Waals surface area contributed by atoms with Gasteiger partial charge < -0.3 is 14.4 Å². The van der Waals surface area contributed by atoms with Gasteiger partial charge in [-0.2, -0.15) is 4.98 Å². The second kappa shape index (κ2) is 7.64. The number of fused-ring (bicyclic) bond motifs is 1. The molecule has 1 amide bonds. The molecule has 0 aliphatic carbocycles. The molecule has 7 heteroatoms. The fourth-order valence-corrected chi connectivity index (χ4v) is 2.99. The molecule has 1 N–H and O–H groups in total. The minimum absolute atomic E-state index is 0.0235. The van der Waals surface area contributed by atoms with E-state index >= 15 is 0 Å². The van der Waals surface area contributed by atoms with Crippen molar-refractivity contribution in [1.29, 1.82) is 0 Å². The number of carbonyl (C=O) groups is 1. The Morgan fingerprint density at radius 2 is 1.96 bits per heavy atom. The Morgan fingerprint density at radius 1 is 1.18 bits per heavy atom. The highest BCUT2D eigenvalue weighted by Crippen LogP contribution is 2.22. The van der Waals surface area contributed by atoms with Gasteiger partial charge in [0.15, 0.2) is 5.82 Å². The van der Waals surface area contributed by atoms with Crippen molar-refractivity contribution in [2.24, 2.45) is 0 Å². The Balaban J connectivity index is 1.37. The van der Waals surface area contributed by atoms with Gasteiger partial charge in [0.05, 0.1) is 6.42 Å². The van der Waals surface area contributed by atoms with Gasteiger partial charge in [0.25, 0.3) is 5.89 Å². The van der Waals surface area contributed by atoms with E-state index < -0.39 is 0 Å². The normalized spacial score (nSPS) is 11.1. The summed E-state index contributed by atoms with van der Waals surface area (Å²) in [6.45, 7) is 0.416. The molecule has 2 aromatic heterocycles. The summed E-state index contributed by atoms with van der Waals surface area (Å²) in [7, 11) is 1.68. The molecule has 0 fully saturated rings. The summed E-state index contributed by atoms with van der Waals surface area (Å²) >= 11 is 0.